The highest BCUT2D eigenvalue weighted by Crippen LogP contribution is 2.35. The molecule has 0 saturated heterocycles. The number of aromatic nitrogens is 1. The molecule has 0 aliphatic heterocycles. The Labute approximate surface area is 173 Å². The lowest BCUT2D eigenvalue weighted by Crippen LogP contribution is -2.20. The number of hydrogen-bond donors (Lipinski definition) is 0. The smallest absolute Gasteiger partial charge is 0.252 e. The van der Waals surface area contributed by atoms with E-state index in [4.69, 9.17) is 18.9 Å². The molecule has 0 atom stereocenters. The van der Waals surface area contributed by atoms with Crippen molar-refractivity contribution in [1.82, 2.24) is 4.57 Å². The van der Waals surface area contributed by atoms with Crippen LogP contribution in [0.3, 0.4) is 0 Å². The standard InChI is InChI=1S/C21H24N2O5S/c1-25-12-11-23-19-16(27-3)9-10-17(28-4)20(19)29-21(23)22-18(24)13-14-5-7-15(26-2)8-6-14/h5-10H,11-13H2,1-4H3. The zero-order valence-corrected chi connectivity index (χ0v) is 17.7. The molecule has 3 aromatic rings. The summed E-state index contributed by atoms with van der Waals surface area (Å²) in [6.45, 7) is 1.01. The maximum Gasteiger partial charge on any atom is 0.252 e. The van der Waals surface area contributed by atoms with E-state index in [1.807, 2.05) is 41.0 Å². The molecule has 0 N–H and O–H groups in total. The molecule has 0 unspecified atom stereocenters. The number of fused-ring (bicyclic) bond motifs is 1. The van der Waals surface area contributed by atoms with Crippen LogP contribution in [0.15, 0.2) is 41.4 Å². The van der Waals surface area contributed by atoms with E-state index in [0.717, 1.165) is 21.5 Å². The van der Waals surface area contributed by atoms with Crippen molar-refractivity contribution in [2.45, 2.75) is 13.0 Å². The molecule has 0 saturated carbocycles. The van der Waals surface area contributed by atoms with E-state index < -0.39 is 0 Å². The van der Waals surface area contributed by atoms with Crippen LogP contribution in [0, 0.1) is 0 Å². The number of rotatable bonds is 8. The van der Waals surface area contributed by atoms with E-state index >= 15 is 0 Å². The van der Waals surface area contributed by atoms with Crippen LogP contribution in [-0.2, 0) is 22.5 Å². The molecule has 3 rings (SSSR count). The van der Waals surface area contributed by atoms with Gasteiger partial charge in [0.25, 0.3) is 5.91 Å². The summed E-state index contributed by atoms with van der Waals surface area (Å²) < 4.78 is 24.2. The second kappa shape index (κ2) is 9.58. The topological polar surface area (TPSA) is 71.3 Å². The Kier molecular flexibility index (Phi) is 6.90. The zero-order chi connectivity index (χ0) is 20.8. The van der Waals surface area contributed by atoms with E-state index in [1.54, 1.807) is 28.4 Å². The Balaban J connectivity index is 2.04. The van der Waals surface area contributed by atoms with Crippen molar-refractivity contribution in [1.29, 1.82) is 0 Å². The largest absolute Gasteiger partial charge is 0.497 e. The highest BCUT2D eigenvalue weighted by atomic mass is 32.1. The predicted molar refractivity (Wildman–Crippen MR) is 112 cm³/mol. The van der Waals surface area contributed by atoms with Crippen molar-refractivity contribution in [3.63, 3.8) is 0 Å². The maximum atomic E-state index is 12.6. The summed E-state index contributed by atoms with van der Waals surface area (Å²) in [5.74, 6) is 1.92. The predicted octanol–water partition coefficient (Wildman–Crippen LogP) is 3.05. The Morgan fingerprint density at radius 3 is 2.28 bits per heavy atom. The van der Waals surface area contributed by atoms with Gasteiger partial charge in [0, 0.05) is 13.7 Å². The number of amides is 1. The van der Waals surface area contributed by atoms with E-state index in [2.05, 4.69) is 4.99 Å². The summed E-state index contributed by atoms with van der Waals surface area (Å²) in [7, 11) is 6.48. The van der Waals surface area contributed by atoms with Crippen molar-refractivity contribution in [3.8, 4) is 17.2 Å². The highest BCUT2D eigenvalue weighted by molar-refractivity contribution is 7.16. The lowest BCUT2D eigenvalue weighted by molar-refractivity contribution is -0.117. The fourth-order valence-electron chi connectivity index (χ4n) is 2.99. The molecule has 1 aromatic heterocycles. The van der Waals surface area contributed by atoms with Gasteiger partial charge in [0.1, 0.15) is 27.5 Å². The molecule has 0 aliphatic rings. The highest BCUT2D eigenvalue weighted by Gasteiger charge is 2.16. The average molecular weight is 416 g/mol. The number of methoxy groups -OCH3 is 4. The molecule has 0 spiro atoms. The quantitative estimate of drug-likeness (QED) is 0.564. The fraction of sp³-hybridized carbons (Fsp3) is 0.333. The minimum Gasteiger partial charge on any atom is -0.497 e. The third-order valence-corrected chi connectivity index (χ3v) is 5.54. The molecule has 7 nitrogen and oxygen atoms in total. The Morgan fingerprint density at radius 2 is 1.66 bits per heavy atom. The van der Waals surface area contributed by atoms with E-state index in [9.17, 15) is 4.79 Å². The molecule has 154 valence electrons. The molecule has 2 aromatic carbocycles. The van der Waals surface area contributed by atoms with E-state index in [-0.39, 0.29) is 12.3 Å². The fourth-order valence-corrected chi connectivity index (χ4v) is 4.18. The summed E-state index contributed by atoms with van der Waals surface area (Å²) in [5, 5.41) is 0. The third-order valence-electron chi connectivity index (χ3n) is 4.45. The van der Waals surface area contributed by atoms with Gasteiger partial charge in [-0.1, -0.05) is 23.5 Å². The molecule has 1 heterocycles. The number of ether oxygens (including phenoxy) is 4. The number of hydrogen-bond acceptors (Lipinski definition) is 6. The number of benzene rings is 2. The molecule has 29 heavy (non-hydrogen) atoms. The Bertz CT molecular complexity index is 1050. The first-order chi connectivity index (χ1) is 14.1. The van der Waals surface area contributed by atoms with Crippen LogP contribution in [-0.4, -0.2) is 45.5 Å². The second-order valence-corrected chi connectivity index (χ2v) is 7.18. The van der Waals surface area contributed by atoms with Gasteiger partial charge in [-0.25, -0.2) is 0 Å². The van der Waals surface area contributed by atoms with Gasteiger partial charge >= 0.3 is 0 Å². The molecular weight excluding hydrogens is 392 g/mol. The molecule has 0 aliphatic carbocycles. The van der Waals surface area contributed by atoms with E-state index in [0.29, 0.717) is 29.5 Å². The van der Waals surface area contributed by atoms with Gasteiger partial charge in [-0.05, 0) is 29.8 Å². The first-order valence-corrected chi connectivity index (χ1v) is 9.86. The Hall–Kier alpha value is -2.84. The number of carbonyl (C=O) groups is 1. The summed E-state index contributed by atoms with van der Waals surface area (Å²) in [4.78, 5) is 17.6. The van der Waals surface area contributed by atoms with Gasteiger partial charge in [-0.3, -0.25) is 4.79 Å². The Morgan fingerprint density at radius 1 is 0.966 bits per heavy atom. The molecule has 0 fully saturated rings. The molecule has 1 amide bonds. The van der Waals surface area contributed by atoms with Crippen molar-refractivity contribution in [2.75, 3.05) is 35.0 Å². The van der Waals surface area contributed by atoms with Gasteiger partial charge in [0.05, 0.1) is 34.4 Å². The summed E-state index contributed by atoms with van der Waals surface area (Å²) >= 11 is 1.39. The van der Waals surface area contributed by atoms with Crippen LogP contribution >= 0.6 is 11.3 Å². The maximum absolute atomic E-state index is 12.6. The van der Waals surface area contributed by atoms with Crippen LogP contribution in [0.4, 0.5) is 0 Å². The molecule has 0 radical (unpaired) electrons. The molecule has 0 bridgehead atoms. The first kappa shape index (κ1) is 20.9. The minimum atomic E-state index is -0.231. The van der Waals surface area contributed by atoms with Gasteiger partial charge in [-0.2, -0.15) is 4.99 Å². The monoisotopic (exact) mass is 416 g/mol. The number of nitrogens with zero attached hydrogens (tertiary/aromatic N) is 2. The zero-order valence-electron chi connectivity index (χ0n) is 16.9. The van der Waals surface area contributed by atoms with Gasteiger partial charge in [0.2, 0.25) is 0 Å². The van der Waals surface area contributed by atoms with Crippen molar-refractivity contribution >= 4 is 27.5 Å². The van der Waals surface area contributed by atoms with Crippen molar-refractivity contribution in [2.24, 2.45) is 4.99 Å². The SMILES string of the molecule is COCCn1c(=NC(=O)Cc2ccc(OC)cc2)sc2c(OC)ccc(OC)c21. The van der Waals surface area contributed by atoms with Crippen molar-refractivity contribution in [3.05, 3.63) is 46.8 Å². The average Bonchev–Trinajstić information content (AvgIpc) is 3.09. The lowest BCUT2D eigenvalue weighted by Gasteiger charge is -2.09. The van der Waals surface area contributed by atoms with Gasteiger partial charge in [-0.15, -0.1) is 0 Å². The van der Waals surface area contributed by atoms with Crippen LogP contribution in [0.2, 0.25) is 0 Å². The van der Waals surface area contributed by atoms with Crippen LogP contribution in [0.5, 0.6) is 17.2 Å². The number of thiazole rings is 1. The number of carbonyl (C=O) groups excluding carboxylic acids is 1. The van der Waals surface area contributed by atoms with E-state index in [1.165, 1.54) is 11.3 Å². The van der Waals surface area contributed by atoms with Crippen LogP contribution < -0.4 is 19.0 Å². The molecule has 8 heteroatoms. The summed E-state index contributed by atoms with van der Waals surface area (Å²) in [5.41, 5.74) is 1.71. The van der Waals surface area contributed by atoms with Gasteiger partial charge in [0.15, 0.2) is 4.80 Å². The summed E-state index contributed by atoms with van der Waals surface area (Å²) in [6.07, 6.45) is 0.205. The van der Waals surface area contributed by atoms with Crippen molar-refractivity contribution < 1.29 is 23.7 Å². The van der Waals surface area contributed by atoms with Crippen LogP contribution in [0.25, 0.3) is 10.2 Å². The minimum absolute atomic E-state index is 0.205. The third kappa shape index (κ3) is 4.60. The van der Waals surface area contributed by atoms with Crippen LogP contribution in [0.1, 0.15) is 5.56 Å². The summed E-state index contributed by atoms with van der Waals surface area (Å²) in [6, 6.07) is 11.1. The second-order valence-electron chi connectivity index (χ2n) is 6.21. The first-order valence-electron chi connectivity index (χ1n) is 9.05. The molecular formula is C21H24N2O5S. The lowest BCUT2D eigenvalue weighted by atomic mass is 10.1. The normalized spacial score (nSPS) is 11.7. The van der Waals surface area contributed by atoms with Gasteiger partial charge < -0.3 is 23.5 Å².